The zero-order chi connectivity index (χ0) is 16.3. The maximum absolute atomic E-state index is 12.4. The van der Waals surface area contributed by atoms with Gasteiger partial charge in [-0.1, -0.05) is 20.8 Å². The number of anilines is 1. The predicted molar refractivity (Wildman–Crippen MR) is 87.4 cm³/mol. The van der Waals surface area contributed by atoms with Gasteiger partial charge in [-0.2, -0.15) is 0 Å². The molecule has 122 valence electrons. The van der Waals surface area contributed by atoms with Crippen molar-refractivity contribution >= 4 is 11.6 Å². The molecular weight excluding hydrogens is 280 g/mol. The van der Waals surface area contributed by atoms with E-state index in [1.807, 2.05) is 26.8 Å². The molecule has 1 aliphatic heterocycles. The standard InChI is InChI=1S/C17H26N2O3/c1-5-19-6-7-22-16(10-19)17(21)18-14-9-13(11(2)3)15(20)8-12(14)4/h8-9,11,16,20H,5-7,10H2,1-4H3,(H,18,21)/t16-/m0/s1. The van der Waals surface area contributed by atoms with E-state index in [0.29, 0.717) is 13.2 Å². The van der Waals surface area contributed by atoms with Gasteiger partial charge < -0.3 is 15.2 Å². The molecule has 2 N–H and O–H groups in total. The lowest BCUT2D eigenvalue weighted by Crippen LogP contribution is -2.47. The number of aromatic hydroxyl groups is 1. The Morgan fingerprint density at radius 1 is 1.50 bits per heavy atom. The summed E-state index contributed by atoms with van der Waals surface area (Å²) in [6.07, 6.45) is -0.440. The number of nitrogens with zero attached hydrogens (tertiary/aromatic N) is 1. The average molecular weight is 306 g/mol. The number of carbonyl (C=O) groups is 1. The van der Waals surface area contributed by atoms with Crippen LogP contribution in [0, 0.1) is 6.92 Å². The van der Waals surface area contributed by atoms with Gasteiger partial charge in [0.25, 0.3) is 5.91 Å². The second-order valence-corrected chi connectivity index (χ2v) is 6.12. The van der Waals surface area contributed by atoms with Gasteiger partial charge in [-0.05, 0) is 42.6 Å². The molecule has 1 saturated heterocycles. The molecule has 1 heterocycles. The molecule has 22 heavy (non-hydrogen) atoms. The van der Waals surface area contributed by atoms with Crippen LogP contribution in [0.2, 0.25) is 0 Å². The molecule has 0 unspecified atom stereocenters. The summed E-state index contributed by atoms with van der Waals surface area (Å²) >= 11 is 0. The van der Waals surface area contributed by atoms with Crippen LogP contribution in [-0.4, -0.2) is 48.3 Å². The fraction of sp³-hybridized carbons (Fsp3) is 0.588. The second kappa shape index (κ2) is 7.11. The van der Waals surface area contributed by atoms with E-state index in [0.717, 1.165) is 29.9 Å². The topological polar surface area (TPSA) is 61.8 Å². The number of hydrogen-bond acceptors (Lipinski definition) is 4. The van der Waals surface area contributed by atoms with Crippen molar-refractivity contribution in [1.82, 2.24) is 4.90 Å². The lowest BCUT2D eigenvalue weighted by molar-refractivity contribution is -0.132. The van der Waals surface area contributed by atoms with Gasteiger partial charge in [-0.15, -0.1) is 0 Å². The molecule has 5 nitrogen and oxygen atoms in total. The van der Waals surface area contributed by atoms with Crippen LogP contribution in [0.4, 0.5) is 5.69 Å². The van der Waals surface area contributed by atoms with Crippen molar-refractivity contribution in [1.29, 1.82) is 0 Å². The minimum Gasteiger partial charge on any atom is -0.508 e. The van der Waals surface area contributed by atoms with E-state index < -0.39 is 6.10 Å². The molecule has 0 saturated carbocycles. The van der Waals surface area contributed by atoms with Gasteiger partial charge in [0.1, 0.15) is 11.9 Å². The van der Waals surface area contributed by atoms with E-state index >= 15 is 0 Å². The number of nitrogens with one attached hydrogen (secondary N) is 1. The summed E-state index contributed by atoms with van der Waals surface area (Å²) in [5.41, 5.74) is 2.42. The number of phenols is 1. The van der Waals surface area contributed by atoms with Crippen LogP contribution in [0.3, 0.4) is 0 Å². The maximum atomic E-state index is 12.4. The summed E-state index contributed by atoms with van der Waals surface area (Å²) in [4.78, 5) is 14.6. The molecule has 1 aromatic rings. The van der Waals surface area contributed by atoms with Crippen LogP contribution in [0.25, 0.3) is 0 Å². The van der Waals surface area contributed by atoms with Gasteiger partial charge in [-0.25, -0.2) is 0 Å². The Labute approximate surface area is 132 Å². The molecule has 2 rings (SSSR count). The fourth-order valence-electron chi connectivity index (χ4n) is 2.67. The number of aryl methyl sites for hydroxylation is 1. The van der Waals surface area contributed by atoms with E-state index in [-0.39, 0.29) is 17.6 Å². The van der Waals surface area contributed by atoms with Crippen molar-refractivity contribution in [2.45, 2.75) is 39.7 Å². The van der Waals surface area contributed by atoms with Crippen molar-refractivity contribution in [3.8, 4) is 5.75 Å². The van der Waals surface area contributed by atoms with Crippen molar-refractivity contribution in [3.05, 3.63) is 23.3 Å². The van der Waals surface area contributed by atoms with Gasteiger partial charge in [0.05, 0.1) is 6.61 Å². The summed E-state index contributed by atoms with van der Waals surface area (Å²) in [5.74, 6) is 0.344. The number of phenolic OH excluding ortho intramolecular Hbond substituents is 1. The first-order chi connectivity index (χ1) is 10.4. The van der Waals surface area contributed by atoms with Crippen molar-refractivity contribution in [2.24, 2.45) is 0 Å². The molecule has 0 bridgehead atoms. The monoisotopic (exact) mass is 306 g/mol. The van der Waals surface area contributed by atoms with Crippen molar-refractivity contribution < 1.29 is 14.6 Å². The number of amides is 1. The third-order valence-electron chi connectivity index (χ3n) is 4.14. The van der Waals surface area contributed by atoms with E-state index in [2.05, 4.69) is 17.1 Å². The third-order valence-corrected chi connectivity index (χ3v) is 4.14. The summed E-state index contributed by atoms with van der Waals surface area (Å²) in [6.45, 7) is 11.0. The van der Waals surface area contributed by atoms with Crippen LogP contribution < -0.4 is 5.32 Å². The Morgan fingerprint density at radius 3 is 2.86 bits per heavy atom. The Morgan fingerprint density at radius 2 is 2.23 bits per heavy atom. The molecule has 1 atom stereocenters. The Balaban J connectivity index is 2.12. The maximum Gasteiger partial charge on any atom is 0.254 e. The molecule has 0 aliphatic carbocycles. The van der Waals surface area contributed by atoms with Crippen LogP contribution in [0.5, 0.6) is 5.75 Å². The minimum atomic E-state index is -0.440. The smallest absolute Gasteiger partial charge is 0.254 e. The molecule has 1 amide bonds. The van der Waals surface area contributed by atoms with Crippen molar-refractivity contribution in [3.63, 3.8) is 0 Å². The number of hydrogen-bond donors (Lipinski definition) is 2. The summed E-state index contributed by atoms with van der Waals surface area (Å²) in [7, 11) is 0. The number of likely N-dealkylation sites (N-methyl/N-ethyl adjacent to an activating group) is 1. The van der Waals surface area contributed by atoms with Crippen LogP contribution in [0.1, 0.15) is 37.8 Å². The zero-order valence-electron chi connectivity index (χ0n) is 13.8. The molecule has 1 aliphatic rings. The van der Waals surface area contributed by atoms with Crippen LogP contribution >= 0.6 is 0 Å². The first kappa shape index (κ1) is 16.8. The van der Waals surface area contributed by atoms with E-state index in [9.17, 15) is 9.90 Å². The zero-order valence-corrected chi connectivity index (χ0v) is 13.8. The number of morpholine rings is 1. The molecule has 0 aromatic heterocycles. The molecule has 5 heteroatoms. The second-order valence-electron chi connectivity index (χ2n) is 6.12. The third kappa shape index (κ3) is 3.78. The first-order valence-electron chi connectivity index (χ1n) is 7.90. The number of rotatable bonds is 4. The lowest BCUT2D eigenvalue weighted by Gasteiger charge is -2.31. The highest BCUT2D eigenvalue weighted by Gasteiger charge is 2.26. The quantitative estimate of drug-likeness (QED) is 0.839. The van der Waals surface area contributed by atoms with Crippen LogP contribution in [-0.2, 0) is 9.53 Å². The van der Waals surface area contributed by atoms with Crippen molar-refractivity contribution in [2.75, 3.05) is 31.6 Å². The van der Waals surface area contributed by atoms with Gasteiger partial charge in [0.2, 0.25) is 0 Å². The van der Waals surface area contributed by atoms with Gasteiger partial charge >= 0.3 is 0 Å². The number of carbonyl (C=O) groups excluding carboxylic acids is 1. The normalized spacial score (nSPS) is 19.4. The van der Waals surface area contributed by atoms with E-state index in [1.54, 1.807) is 6.07 Å². The Hall–Kier alpha value is -1.59. The molecular formula is C17H26N2O3. The number of benzene rings is 1. The van der Waals surface area contributed by atoms with Gasteiger partial charge in [0, 0.05) is 18.8 Å². The largest absolute Gasteiger partial charge is 0.508 e. The van der Waals surface area contributed by atoms with E-state index in [4.69, 9.17) is 4.74 Å². The lowest BCUT2D eigenvalue weighted by atomic mass is 9.99. The summed E-state index contributed by atoms with van der Waals surface area (Å²) in [6, 6.07) is 3.55. The minimum absolute atomic E-state index is 0.123. The summed E-state index contributed by atoms with van der Waals surface area (Å²) in [5, 5.41) is 12.9. The summed E-state index contributed by atoms with van der Waals surface area (Å²) < 4.78 is 5.58. The highest BCUT2D eigenvalue weighted by Crippen LogP contribution is 2.31. The Kier molecular flexibility index (Phi) is 5.42. The molecule has 1 fully saturated rings. The van der Waals surface area contributed by atoms with Crippen LogP contribution in [0.15, 0.2) is 12.1 Å². The first-order valence-corrected chi connectivity index (χ1v) is 7.90. The SMILES string of the molecule is CCN1CCO[C@H](C(=O)Nc2cc(C(C)C)c(O)cc2C)C1. The molecule has 0 radical (unpaired) electrons. The average Bonchev–Trinajstić information content (AvgIpc) is 2.49. The van der Waals surface area contributed by atoms with Gasteiger partial charge in [-0.3, -0.25) is 9.69 Å². The highest BCUT2D eigenvalue weighted by molar-refractivity contribution is 5.95. The fourth-order valence-corrected chi connectivity index (χ4v) is 2.67. The Bertz CT molecular complexity index is 543. The molecule has 0 spiro atoms. The number of ether oxygens (including phenoxy) is 1. The van der Waals surface area contributed by atoms with Gasteiger partial charge in [0.15, 0.2) is 0 Å². The highest BCUT2D eigenvalue weighted by atomic mass is 16.5. The van der Waals surface area contributed by atoms with E-state index in [1.165, 1.54) is 0 Å². The predicted octanol–water partition coefficient (Wildman–Crippen LogP) is 2.48. The molecule has 1 aromatic carbocycles.